The summed E-state index contributed by atoms with van der Waals surface area (Å²) in [7, 11) is 4.09. The van der Waals surface area contributed by atoms with Crippen molar-refractivity contribution in [2.24, 2.45) is 0 Å². The first kappa shape index (κ1) is 9.78. The molecule has 0 spiro atoms. The van der Waals surface area contributed by atoms with Gasteiger partial charge in [-0.15, -0.1) is 0 Å². The molecule has 0 bridgehead atoms. The molecule has 0 fully saturated rings. The van der Waals surface area contributed by atoms with Gasteiger partial charge in [-0.3, -0.25) is 0 Å². The van der Waals surface area contributed by atoms with Crippen LogP contribution in [-0.2, 0) is 0 Å². The van der Waals surface area contributed by atoms with Crippen molar-refractivity contribution in [2.75, 3.05) is 19.0 Å². The first-order chi connectivity index (χ1) is 7.18. The van der Waals surface area contributed by atoms with E-state index in [-0.39, 0.29) is 0 Å². The van der Waals surface area contributed by atoms with Crippen LogP contribution in [0.4, 0.5) is 5.69 Å². The Balaban J connectivity index is 2.29. The molecule has 76 valence electrons. The second kappa shape index (κ2) is 3.77. The van der Waals surface area contributed by atoms with E-state index in [0.29, 0.717) is 0 Å². The molecule has 0 aromatic heterocycles. The van der Waals surface area contributed by atoms with Crippen molar-refractivity contribution < 1.29 is 0 Å². The highest BCUT2D eigenvalue weighted by atomic mass is 15.1. The number of anilines is 1. The lowest BCUT2D eigenvalue weighted by Gasteiger charge is -2.13. The van der Waals surface area contributed by atoms with E-state index in [1.807, 2.05) is 26.2 Å². The lowest BCUT2D eigenvalue weighted by molar-refractivity contribution is 1.13. The van der Waals surface area contributed by atoms with Gasteiger partial charge in [0.15, 0.2) is 0 Å². The number of hydrogen-bond acceptors (Lipinski definition) is 1. The van der Waals surface area contributed by atoms with Gasteiger partial charge in [-0.05, 0) is 28.8 Å². The van der Waals surface area contributed by atoms with Gasteiger partial charge in [-0.2, -0.15) is 0 Å². The fourth-order valence-electron chi connectivity index (χ4n) is 1.68. The van der Waals surface area contributed by atoms with Crippen molar-refractivity contribution in [3.8, 4) is 0 Å². The molecule has 0 amide bonds. The van der Waals surface area contributed by atoms with Crippen LogP contribution in [0.25, 0.3) is 5.57 Å². The summed E-state index contributed by atoms with van der Waals surface area (Å²) in [5.41, 5.74) is 4.76. The molecule has 0 saturated carbocycles. The van der Waals surface area contributed by atoms with Crippen molar-refractivity contribution in [3.63, 3.8) is 0 Å². The largest absolute Gasteiger partial charge is 0.378 e. The maximum Gasteiger partial charge on any atom is 0.0361 e. The summed E-state index contributed by atoms with van der Waals surface area (Å²) in [5, 5.41) is 0. The molecule has 0 atom stereocenters. The zero-order valence-electron chi connectivity index (χ0n) is 9.20. The Labute approximate surface area is 91.0 Å². The van der Waals surface area contributed by atoms with Gasteiger partial charge >= 0.3 is 0 Å². The van der Waals surface area contributed by atoms with E-state index >= 15 is 0 Å². The minimum atomic E-state index is 1.09. The van der Waals surface area contributed by atoms with Gasteiger partial charge in [0.1, 0.15) is 0 Å². The highest BCUT2D eigenvalue weighted by Gasteiger charge is 2.06. The second-order valence-electron chi connectivity index (χ2n) is 3.91. The SMILES string of the molecule is C=C1C=CC=C1c1ccc(N(C)C)cc1. The maximum atomic E-state index is 4.00. The van der Waals surface area contributed by atoms with Crippen molar-refractivity contribution in [2.45, 2.75) is 0 Å². The molecule has 0 unspecified atom stereocenters. The number of hydrogen-bond donors (Lipinski definition) is 0. The van der Waals surface area contributed by atoms with Crippen LogP contribution in [0.5, 0.6) is 0 Å². The third kappa shape index (κ3) is 1.86. The highest BCUT2D eigenvalue weighted by Crippen LogP contribution is 2.28. The average molecular weight is 197 g/mol. The first-order valence-electron chi connectivity index (χ1n) is 5.04. The predicted molar refractivity (Wildman–Crippen MR) is 67.0 cm³/mol. The number of nitrogens with zero attached hydrogens (tertiary/aromatic N) is 1. The topological polar surface area (TPSA) is 3.24 Å². The molecule has 0 aliphatic heterocycles. The molecule has 2 rings (SSSR count). The predicted octanol–water partition coefficient (Wildman–Crippen LogP) is 3.26. The second-order valence-corrected chi connectivity index (χ2v) is 3.91. The van der Waals surface area contributed by atoms with E-state index in [1.54, 1.807) is 0 Å². The molecular formula is C14H15N. The lowest BCUT2D eigenvalue weighted by atomic mass is 10.0. The standard InChI is InChI=1S/C14H15N/c1-11-5-4-6-14(11)12-7-9-13(10-8-12)15(2)3/h4-10H,1H2,2-3H3. The van der Waals surface area contributed by atoms with Crippen LogP contribution in [-0.4, -0.2) is 14.1 Å². The summed E-state index contributed by atoms with van der Waals surface area (Å²) in [6, 6.07) is 8.53. The zero-order chi connectivity index (χ0) is 10.8. The number of rotatable bonds is 2. The Kier molecular flexibility index (Phi) is 2.46. The molecule has 1 heteroatoms. The Morgan fingerprint density at radius 2 is 1.73 bits per heavy atom. The minimum absolute atomic E-state index is 1.09. The van der Waals surface area contributed by atoms with E-state index in [1.165, 1.54) is 16.8 Å². The maximum absolute atomic E-state index is 4.00. The Hall–Kier alpha value is -1.76. The highest BCUT2D eigenvalue weighted by molar-refractivity contribution is 5.85. The number of allylic oxidation sites excluding steroid dienone is 5. The van der Waals surface area contributed by atoms with Crippen LogP contribution >= 0.6 is 0 Å². The molecule has 15 heavy (non-hydrogen) atoms. The van der Waals surface area contributed by atoms with Crippen molar-refractivity contribution >= 4 is 11.3 Å². The van der Waals surface area contributed by atoms with Gasteiger partial charge in [0.2, 0.25) is 0 Å². The fourth-order valence-corrected chi connectivity index (χ4v) is 1.68. The summed E-state index contributed by atoms with van der Waals surface area (Å²) in [6.45, 7) is 4.00. The summed E-state index contributed by atoms with van der Waals surface area (Å²) in [5.74, 6) is 0. The van der Waals surface area contributed by atoms with Gasteiger partial charge in [0.25, 0.3) is 0 Å². The summed E-state index contributed by atoms with van der Waals surface area (Å²) >= 11 is 0. The Morgan fingerprint density at radius 1 is 1.07 bits per heavy atom. The molecule has 0 N–H and O–H groups in total. The van der Waals surface area contributed by atoms with Crippen LogP contribution in [0.3, 0.4) is 0 Å². The van der Waals surface area contributed by atoms with Crippen LogP contribution < -0.4 is 4.90 Å². The summed E-state index contributed by atoms with van der Waals surface area (Å²) in [6.07, 6.45) is 6.18. The molecule has 1 aromatic carbocycles. The molecule has 0 saturated heterocycles. The molecule has 0 radical (unpaired) electrons. The first-order valence-corrected chi connectivity index (χ1v) is 5.04. The van der Waals surface area contributed by atoms with E-state index < -0.39 is 0 Å². The molecule has 1 aromatic rings. The third-order valence-corrected chi connectivity index (χ3v) is 2.60. The van der Waals surface area contributed by atoms with Crippen LogP contribution in [0.15, 0.2) is 54.6 Å². The Morgan fingerprint density at radius 3 is 2.20 bits per heavy atom. The van der Waals surface area contributed by atoms with Crippen molar-refractivity contribution in [1.82, 2.24) is 0 Å². The van der Waals surface area contributed by atoms with E-state index in [4.69, 9.17) is 0 Å². The molecule has 1 aliphatic carbocycles. The van der Waals surface area contributed by atoms with Crippen molar-refractivity contribution in [1.29, 1.82) is 0 Å². The summed E-state index contributed by atoms with van der Waals surface area (Å²) in [4.78, 5) is 2.10. The van der Waals surface area contributed by atoms with E-state index in [2.05, 4.69) is 41.8 Å². The number of benzene rings is 1. The lowest BCUT2D eigenvalue weighted by Crippen LogP contribution is -2.08. The van der Waals surface area contributed by atoms with Gasteiger partial charge in [-0.1, -0.05) is 36.9 Å². The van der Waals surface area contributed by atoms with Gasteiger partial charge in [0, 0.05) is 19.8 Å². The summed E-state index contributed by atoms with van der Waals surface area (Å²) < 4.78 is 0. The minimum Gasteiger partial charge on any atom is -0.378 e. The Bertz CT molecular complexity index is 433. The van der Waals surface area contributed by atoms with Gasteiger partial charge in [-0.25, -0.2) is 0 Å². The molecule has 1 nitrogen and oxygen atoms in total. The van der Waals surface area contributed by atoms with Crippen LogP contribution in [0, 0.1) is 0 Å². The fraction of sp³-hybridized carbons (Fsp3) is 0.143. The van der Waals surface area contributed by atoms with Crippen LogP contribution in [0.1, 0.15) is 5.56 Å². The van der Waals surface area contributed by atoms with Crippen LogP contribution in [0.2, 0.25) is 0 Å². The average Bonchev–Trinajstić information content (AvgIpc) is 2.65. The normalized spacial score (nSPS) is 14.3. The molecule has 1 aliphatic rings. The molecule has 0 heterocycles. The van der Waals surface area contributed by atoms with Gasteiger partial charge < -0.3 is 4.90 Å². The molecular weight excluding hydrogens is 182 g/mol. The third-order valence-electron chi connectivity index (χ3n) is 2.60. The monoisotopic (exact) mass is 197 g/mol. The van der Waals surface area contributed by atoms with Crippen molar-refractivity contribution in [3.05, 3.63) is 60.2 Å². The quantitative estimate of drug-likeness (QED) is 0.703. The van der Waals surface area contributed by atoms with E-state index in [0.717, 1.165) is 5.57 Å². The zero-order valence-corrected chi connectivity index (χ0v) is 9.20. The smallest absolute Gasteiger partial charge is 0.0361 e. The van der Waals surface area contributed by atoms with Gasteiger partial charge in [0.05, 0.1) is 0 Å². The van der Waals surface area contributed by atoms with E-state index in [9.17, 15) is 0 Å².